The molecule has 0 bridgehead atoms. The van der Waals surface area contributed by atoms with E-state index in [0.717, 1.165) is 0 Å². The minimum absolute atomic E-state index is 1.17. The average molecular weight is 533 g/mol. The van der Waals surface area contributed by atoms with Crippen LogP contribution in [0.3, 0.4) is 0 Å². The number of para-hydroxylation sites is 3. The molecule has 0 saturated carbocycles. The second-order valence-corrected chi connectivity index (χ2v) is 11.3. The molecule has 194 valence electrons. The Bertz CT molecular complexity index is 2550. The van der Waals surface area contributed by atoms with Crippen LogP contribution in [0.25, 0.3) is 88.0 Å². The Kier molecular flexibility index (Phi) is 4.21. The average Bonchev–Trinajstić information content (AvgIpc) is 3.55. The Morgan fingerprint density at radius 2 is 0.786 bits per heavy atom. The topological polar surface area (TPSA) is 9.86 Å². The molecule has 2 heteroatoms. The lowest BCUT2D eigenvalue weighted by Crippen LogP contribution is -1.97. The minimum Gasteiger partial charge on any atom is -0.309 e. The van der Waals surface area contributed by atoms with Gasteiger partial charge in [-0.3, -0.25) is 0 Å². The maximum atomic E-state index is 2.52. The lowest BCUT2D eigenvalue weighted by Gasteiger charge is -2.16. The lowest BCUT2D eigenvalue weighted by atomic mass is 9.92. The van der Waals surface area contributed by atoms with Crippen molar-refractivity contribution in [1.29, 1.82) is 0 Å². The van der Waals surface area contributed by atoms with Gasteiger partial charge in [-0.15, -0.1) is 0 Å². The Morgan fingerprint density at radius 1 is 0.286 bits per heavy atom. The summed E-state index contributed by atoms with van der Waals surface area (Å²) in [7, 11) is 0. The normalized spacial score (nSPS) is 12.3. The van der Waals surface area contributed by atoms with Gasteiger partial charge in [0.05, 0.1) is 22.1 Å². The van der Waals surface area contributed by atoms with E-state index >= 15 is 0 Å². The van der Waals surface area contributed by atoms with Crippen molar-refractivity contribution in [2.24, 2.45) is 0 Å². The summed E-state index contributed by atoms with van der Waals surface area (Å²) < 4.78 is 5.00. The molecular formula is C40H24N2. The van der Waals surface area contributed by atoms with E-state index in [1.54, 1.807) is 0 Å². The Balaban J connectivity index is 1.62. The van der Waals surface area contributed by atoms with Crippen LogP contribution >= 0.6 is 0 Å². The highest BCUT2D eigenvalue weighted by Gasteiger charge is 2.29. The maximum absolute atomic E-state index is 2.52. The van der Waals surface area contributed by atoms with Gasteiger partial charge >= 0.3 is 0 Å². The van der Waals surface area contributed by atoms with Gasteiger partial charge in [-0.25, -0.2) is 0 Å². The van der Waals surface area contributed by atoms with E-state index in [-0.39, 0.29) is 0 Å². The van der Waals surface area contributed by atoms with Gasteiger partial charge in [-0.05, 0) is 58.7 Å². The van der Waals surface area contributed by atoms with Crippen LogP contribution in [0.4, 0.5) is 0 Å². The van der Waals surface area contributed by atoms with Crippen LogP contribution < -0.4 is 0 Å². The summed E-state index contributed by atoms with van der Waals surface area (Å²) in [5.41, 5.74) is 12.5. The Hall–Kier alpha value is -5.60. The second-order valence-electron chi connectivity index (χ2n) is 11.3. The van der Waals surface area contributed by atoms with Gasteiger partial charge in [0.1, 0.15) is 0 Å². The molecular weight excluding hydrogens is 508 g/mol. The Labute approximate surface area is 242 Å². The first-order valence-corrected chi connectivity index (χ1v) is 14.6. The summed E-state index contributed by atoms with van der Waals surface area (Å²) >= 11 is 0. The molecule has 0 N–H and O–H groups in total. The highest BCUT2D eigenvalue weighted by molar-refractivity contribution is 6.40. The zero-order valence-corrected chi connectivity index (χ0v) is 22.8. The molecule has 0 aliphatic heterocycles. The van der Waals surface area contributed by atoms with Gasteiger partial charge in [0.25, 0.3) is 0 Å². The molecule has 0 radical (unpaired) electrons. The molecule has 1 aliphatic carbocycles. The number of aromatic nitrogens is 2. The van der Waals surface area contributed by atoms with Crippen molar-refractivity contribution in [3.05, 3.63) is 146 Å². The molecule has 2 aromatic heterocycles. The largest absolute Gasteiger partial charge is 0.309 e. The SMILES string of the molecule is c1ccc(-n2c3ccccc3c3c2c2cccc4c2c2c5c(cccc5n(-c5ccccc5)c23)-c2ccccc2-4)cc1. The summed E-state index contributed by atoms with van der Waals surface area (Å²) in [6.45, 7) is 0. The van der Waals surface area contributed by atoms with Crippen molar-refractivity contribution in [3.8, 4) is 33.6 Å². The molecule has 1 aliphatic rings. The van der Waals surface area contributed by atoms with E-state index in [9.17, 15) is 0 Å². The minimum atomic E-state index is 1.17. The Morgan fingerprint density at radius 3 is 1.50 bits per heavy atom. The second kappa shape index (κ2) is 7.99. The van der Waals surface area contributed by atoms with Gasteiger partial charge in [0.15, 0.2) is 0 Å². The van der Waals surface area contributed by atoms with Crippen molar-refractivity contribution in [2.75, 3.05) is 0 Å². The summed E-state index contributed by atoms with van der Waals surface area (Å²) in [5.74, 6) is 0. The molecule has 0 atom stereocenters. The maximum Gasteiger partial charge on any atom is 0.0648 e. The molecule has 0 unspecified atom stereocenters. The molecule has 7 aromatic carbocycles. The van der Waals surface area contributed by atoms with Gasteiger partial charge in [0, 0.05) is 43.7 Å². The van der Waals surface area contributed by atoms with E-state index in [0.29, 0.717) is 0 Å². The number of fused-ring (bicyclic) bond motifs is 8. The molecule has 0 saturated heterocycles. The van der Waals surface area contributed by atoms with Crippen LogP contribution in [0.2, 0.25) is 0 Å². The number of benzene rings is 7. The van der Waals surface area contributed by atoms with E-state index in [1.165, 1.54) is 88.0 Å². The van der Waals surface area contributed by atoms with Crippen LogP contribution in [-0.2, 0) is 0 Å². The fraction of sp³-hybridized carbons (Fsp3) is 0. The molecule has 0 amide bonds. The highest BCUT2D eigenvalue weighted by atomic mass is 15.0. The quantitative estimate of drug-likeness (QED) is 0.210. The third-order valence-corrected chi connectivity index (χ3v) is 9.21. The summed E-state index contributed by atoms with van der Waals surface area (Å²) in [5, 5.41) is 7.86. The van der Waals surface area contributed by atoms with Crippen molar-refractivity contribution < 1.29 is 0 Å². The van der Waals surface area contributed by atoms with Gasteiger partial charge in [-0.1, -0.05) is 109 Å². The summed E-state index contributed by atoms with van der Waals surface area (Å²) in [4.78, 5) is 0. The van der Waals surface area contributed by atoms with Gasteiger partial charge < -0.3 is 9.13 Å². The molecule has 2 heterocycles. The van der Waals surface area contributed by atoms with Crippen LogP contribution in [0, 0.1) is 0 Å². The van der Waals surface area contributed by atoms with Crippen LogP contribution in [-0.4, -0.2) is 9.13 Å². The summed E-state index contributed by atoms with van der Waals surface area (Å²) in [6, 6.07) is 53.3. The third kappa shape index (κ3) is 2.65. The summed E-state index contributed by atoms with van der Waals surface area (Å²) in [6.07, 6.45) is 0. The van der Waals surface area contributed by atoms with Crippen LogP contribution in [0.15, 0.2) is 146 Å². The zero-order valence-electron chi connectivity index (χ0n) is 22.8. The van der Waals surface area contributed by atoms with Crippen LogP contribution in [0.5, 0.6) is 0 Å². The first-order valence-electron chi connectivity index (χ1n) is 14.6. The van der Waals surface area contributed by atoms with Crippen molar-refractivity contribution in [3.63, 3.8) is 0 Å². The molecule has 0 spiro atoms. The van der Waals surface area contributed by atoms with E-state index < -0.39 is 0 Å². The monoisotopic (exact) mass is 532 g/mol. The fourth-order valence-corrected chi connectivity index (χ4v) is 7.67. The van der Waals surface area contributed by atoms with Gasteiger partial charge in [-0.2, -0.15) is 0 Å². The molecule has 42 heavy (non-hydrogen) atoms. The fourth-order valence-electron chi connectivity index (χ4n) is 7.67. The van der Waals surface area contributed by atoms with Crippen molar-refractivity contribution in [1.82, 2.24) is 9.13 Å². The number of hydrogen-bond acceptors (Lipinski definition) is 0. The first kappa shape index (κ1) is 22.1. The van der Waals surface area contributed by atoms with E-state index in [1.807, 2.05) is 0 Å². The predicted octanol–water partition coefficient (Wildman–Crippen LogP) is 10.7. The standard InChI is InChI=1S/C40H24N2/c1-3-13-25(14-4-1)41-33-23-10-9-19-31(33)37-39(41)32-22-11-20-29-27-17-7-8-18-28(27)30-21-12-24-34-36(30)38(35(29)32)40(37)42(34)26-15-5-2-6-16-26/h1-24H. The molecule has 10 rings (SSSR count). The third-order valence-electron chi connectivity index (χ3n) is 9.21. The number of nitrogens with zero attached hydrogens (tertiary/aromatic N) is 2. The van der Waals surface area contributed by atoms with Crippen molar-refractivity contribution in [2.45, 2.75) is 0 Å². The molecule has 0 fully saturated rings. The van der Waals surface area contributed by atoms with Gasteiger partial charge in [0.2, 0.25) is 0 Å². The van der Waals surface area contributed by atoms with E-state index in [4.69, 9.17) is 0 Å². The van der Waals surface area contributed by atoms with Crippen LogP contribution in [0.1, 0.15) is 0 Å². The van der Waals surface area contributed by atoms with E-state index in [2.05, 4.69) is 155 Å². The predicted molar refractivity (Wildman–Crippen MR) is 177 cm³/mol. The van der Waals surface area contributed by atoms with Crippen molar-refractivity contribution >= 4 is 54.4 Å². The highest BCUT2D eigenvalue weighted by Crippen LogP contribution is 2.53. The number of hydrogen-bond donors (Lipinski definition) is 0. The lowest BCUT2D eigenvalue weighted by molar-refractivity contribution is 1.18. The number of rotatable bonds is 2. The molecule has 2 nitrogen and oxygen atoms in total. The molecule has 9 aromatic rings. The first-order chi connectivity index (χ1) is 20.9. The zero-order chi connectivity index (χ0) is 27.4. The smallest absolute Gasteiger partial charge is 0.0648 e.